The average Bonchev–Trinajstić information content (AvgIpc) is 2.54. The van der Waals surface area contributed by atoms with E-state index in [0.29, 0.717) is 13.1 Å². The van der Waals surface area contributed by atoms with Gasteiger partial charge in [0.2, 0.25) is 0 Å². The summed E-state index contributed by atoms with van der Waals surface area (Å²) in [4.78, 5) is 26.1. The van der Waals surface area contributed by atoms with Crippen molar-refractivity contribution in [1.29, 1.82) is 0 Å². The molecule has 9 heteroatoms. The zero-order chi connectivity index (χ0) is 17.6. The summed E-state index contributed by atoms with van der Waals surface area (Å²) in [7, 11) is 0. The monoisotopic (exact) mass is 345 g/mol. The van der Waals surface area contributed by atoms with Gasteiger partial charge in [-0.15, -0.1) is 0 Å². The Bertz CT molecular complexity index is 558. The molecule has 1 heterocycles. The maximum absolute atomic E-state index is 12.0. The minimum Gasteiger partial charge on any atom is -0.360 e. The highest BCUT2D eigenvalue weighted by Gasteiger charge is 2.28. The summed E-state index contributed by atoms with van der Waals surface area (Å²) in [5, 5.41) is 3.53. The lowest BCUT2D eigenvalue weighted by molar-refractivity contribution is -0.892. The first-order valence-electron chi connectivity index (χ1n) is 7.61. The van der Waals surface area contributed by atoms with Crippen LogP contribution in [-0.4, -0.2) is 57.4 Å². The van der Waals surface area contributed by atoms with Crippen molar-refractivity contribution in [2.45, 2.75) is 6.18 Å². The van der Waals surface area contributed by atoms with E-state index < -0.39 is 24.7 Å². The third kappa shape index (κ3) is 6.07. The molecule has 0 atom stereocenters. The minimum atomic E-state index is -4.50. The van der Waals surface area contributed by atoms with E-state index in [1.54, 1.807) is 5.32 Å². The Labute approximate surface area is 137 Å². The number of alkyl halides is 3. The lowest BCUT2D eigenvalue weighted by Gasteiger charge is -2.33. The number of hydrogen-bond donors (Lipinski definition) is 3. The van der Waals surface area contributed by atoms with E-state index in [0.717, 1.165) is 23.7 Å². The highest BCUT2D eigenvalue weighted by Crippen LogP contribution is 2.12. The predicted octanol–water partition coefficient (Wildman–Crippen LogP) is -0.220. The highest BCUT2D eigenvalue weighted by atomic mass is 19.4. The number of quaternary nitrogens is 1. The number of hydrogen-bond acceptors (Lipinski definition) is 3. The molecule has 1 aliphatic rings. The topological polar surface area (TPSA) is 65.9 Å². The Morgan fingerprint density at radius 3 is 2.33 bits per heavy atom. The smallest absolute Gasteiger partial charge is 0.360 e. The van der Waals surface area contributed by atoms with Crippen LogP contribution in [0, 0.1) is 0 Å². The van der Waals surface area contributed by atoms with Crippen LogP contribution in [-0.2, 0) is 4.79 Å². The second-order valence-electron chi connectivity index (χ2n) is 5.60. The van der Waals surface area contributed by atoms with Crippen LogP contribution in [0.15, 0.2) is 30.3 Å². The van der Waals surface area contributed by atoms with Gasteiger partial charge in [-0.1, -0.05) is 18.2 Å². The van der Waals surface area contributed by atoms with Crippen LogP contribution < -0.4 is 20.4 Å². The molecule has 0 radical (unpaired) electrons. The van der Waals surface area contributed by atoms with Gasteiger partial charge in [-0.3, -0.25) is 10.1 Å². The fourth-order valence-corrected chi connectivity index (χ4v) is 2.52. The number of carbonyl (C=O) groups is 2. The van der Waals surface area contributed by atoms with E-state index in [4.69, 9.17) is 0 Å². The zero-order valence-electron chi connectivity index (χ0n) is 13.0. The molecule has 1 aromatic carbocycles. The number of piperazine rings is 1. The van der Waals surface area contributed by atoms with Gasteiger partial charge in [0, 0.05) is 5.69 Å². The van der Waals surface area contributed by atoms with Crippen LogP contribution in [0.2, 0.25) is 0 Å². The van der Waals surface area contributed by atoms with Crippen LogP contribution in [0.25, 0.3) is 0 Å². The van der Waals surface area contributed by atoms with Crippen LogP contribution in [0.1, 0.15) is 0 Å². The van der Waals surface area contributed by atoms with Gasteiger partial charge in [0.15, 0.2) is 6.54 Å². The van der Waals surface area contributed by atoms with Crippen molar-refractivity contribution >= 4 is 17.6 Å². The number of amides is 3. The van der Waals surface area contributed by atoms with Gasteiger partial charge in [-0.25, -0.2) is 4.79 Å². The number of benzene rings is 1. The summed E-state index contributed by atoms with van der Waals surface area (Å²) >= 11 is 0. The number of carbonyl (C=O) groups excluding carboxylic acids is 2. The Balaban J connectivity index is 1.69. The Kier molecular flexibility index (Phi) is 6.02. The van der Waals surface area contributed by atoms with Crippen molar-refractivity contribution in [3.63, 3.8) is 0 Å². The van der Waals surface area contributed by atoms with E-state index in [-0.39, 0.29) is 6.54 Å². The molecule has 1 aliphatic heterocycles. The van der Waals surface area contributed by atoms with Crippen molar-refractivity contribution in [3.05, 3.63) is 30.3 Å². The molecule has 3 amide bonds. The summed E-state index contributed by atoms with van der Waals surface area (Å²) < 4.78 is 35.9. The fraction of sp³-hybridized carbons (Fsp3) is 0.467. The molecule has 132 valence electrons. The van der Waals surface area contributed by atoms with Crippen LogP contribution in [0.5, 0.6) is 0 Å². The average molecular weight is 345 g/mol. The van der Waals surface area contributed by atoms with Crippen LogP contribution >= 0.6 is 0 Å². The lowest BCUT2D eigenvalue weighted by Crippen LogP contribution is -3.16. The van der Waals surface area contributed by atoms with Crippen LogP contribution in [0.4, 0.5) is 23.7 Å². The molecule has 0 bridgehead atoms. The number of para-hydroxylation sites is 1. The van der Waals surface area contributed by atoms with Crippen molar-refractivity contribution < 1.29 is 27.7 Å². The molecule has 0 aromatic heterocycles. The number of anilines is 1. The summed E-state index contributed by atoms with van der Waals surface area (Å²) in [6, 6.07) is 8.77. The van der Waals surface area contributed by atoms with Gasteiger partial charge < -0.3 is 15.1 Å². The van der Waals surface area contributed by atoms with Crippen molar-refractivity contribution in [2.75, 3.05) is 44.2 Å². The SMILES string of the molecule is O=C(C[NH+]1CCN(c2ccccc2)CC1)NC(=O)NCC(F)(F)F. The zero-order valence-corrected chi connectivity index (χ0v) is 13.0. The molecule has 1 fully saturated rings. The normalized spacial score (nSPS) is 15.9. The van der Waals surface area contributed by atoms with E-state index >= 15 is 0 Å². The number of rotatable bonds is 4. The second-order valence-corrected chi connectivity index (χ2v) is 5.60. The van der Waals surface area contributed by atoms with Gasteiger partial charge in [-0.2, -0.15) is 13.2 Å². The van der Waals surface area contributed by atoms with Crippen molar-refractivity contribution in [2.24, 2.45) is 0 Å². The number of halogens is 3. The van der Waals surface area contributed by atoms with Gasteiger partial charge in [0.25, 0.3) is 5.91 Å². The number of nitrogens with zero attached hydrogens (tertiary/aromatic N) is 1. The lowest BCUT2D eigenvalue weighted by atomic mass is 10.2. The minimum absolute atomic E-state index is 0.0576. The van der Waals surface area contributed by atoms with Crippen LogP contribution in [0.3, 0.4) is 0 Å². The van der Waals surface area contributed by atoms with E-state index in [2.05, 4.69) is 4.90 Å². The molecule has 1 saturated heterocycles. The Morgan fingerprint density at radius 2 is 1.75 bits per heavy atom. The highest BCUT2D eigenvalue weighted by molar-refractivity contribution is 5.94. The number of nitrogens with one attached hydrogen (secondary N) is 3. The van der Waals surface area contributed by atoms with E-state index in [1.165, 1.54) is 0 Å². The molecule has 0 spiro atoms. The summed E-state index contributed by atoms with van der Waals surface area (Å²) in [5.41, 5.74) is 1.12. The third-order valence-corrected chi connectivity index (χ3v) is 3.70. The maximum atomic E-state index is 12.0. The molecule has 0 unspecified atom stereocenters. The number of imide groups is 1. The Hall–Kier alpha value is -2.29. The van der Waals surface area contributed by atoms with Gasteiger partial charge in [0.1, 0.15) is 6.54 Å². The molecule has 2 rings (SSSR count). The predicted molar refractivity (Wildman–Crippen MR) is 81.8 cm³/mol. The summed E-state index contributed by atoms with van der Waals surface area (Å²) in [6.45, 7) is 1.57. The van der Waals surface area contributed by atoms with E-state index in [1.807, 2.05) is 35.6 Å². The standard InChI is InChI=1S/C15H19F3N4O2/c16-15(17,18)11-19-14(24)20-13(23)10-21-6-8-22(9-7-21)12-4-2-1-3-5-12/h1-5H,6-11H2,(H2,19,20,23,24)/p+1. The van der Waals surface area contributed by atoms with Gasteiger partial charge >= 0.3 is 12.2 Å². The first kappa shape index (κ1) is 18.1. The first-order valence-corrected chi connectivity index (χ1v) is 7.61. The molecule has 0 saturated carbocycles. The van der Waals surface area contributed by atoms with Crippen molar-refractivity contribution in [3.8, 4) is 0 Å². The molecule has 0 aliphatic carbocycles. The largest absolute Gasteiger partial charge is 0.405 e. The number of urea groups is 1. The van der Waals surface area contributed by atoms with Gasteiger partial charge in [0.05, 0.1) is 26.2 Å². The summed E-state index contributed by atoms with van der Waals surface area (Å²) in [6.07, 6.45) is -4.50. The van der Waals surface area contributed by atoms with Gasteiger partial charge in [-0.05, 0) is 12.1 Å². The Morgan fingerprint density at radius 1 is 1.12 bits per heavy atom. The molecular formula is C15H20F3N4O2+. The molecule has 3 N–H and O–H groups in total. The summed E-state index contributed by atoms with van der Waals surface area (Å²) in [5.74, 6) is -0.585. The van der Waals surface area contributed by atoms with E-state index in [9.17, 15) is 22.8 Å². The van der Waals surface area contributed by atoms with Crippen molar-refractivity contribution in [1.82, 2.24) is 10.6 Å². The fourth-order valence-electron chi connectivity index (χ4n) is 2.52. The second kappa shape index (κ2) is 8.00. The molecular weight excluding hydrogens is 325 g/mol. The molecule has 6 nitrogen and oxygen atoms in total. The maximum Gasteiger partial charge on any atom is 0.405 e. The quantitative estimate of drug-likeness (QED) is 0.707. The third-order valence-electron chi connectivity index (χ3n) is 3.70. The molecule has 24 heavy (non-hydrogen) atoms. The molecule has 1 aromatic rings. The first-order chi connectivity index (χ1) is 11.3.